The largest absolute Gasteiger partial charge is 0.337 e. The molecule has 32 heavy (non-hydrogen) atoms. The summed E-state index contributed by atoms with van der Waals surface area (Å²) in [6.07, 6.45) is 4.08. The van der Waals surface area contributed by atoms with E-state index in [2.05, 4.69) is 9.71 Å². The van der Waals surface area contributed by atoms with Gasteiger partial charge in [-0.2, -0.15) is 0 Å². The van der Waals surface area contributed by atoms with Crippen molar-refractivity contribution in [3.8, 4) is 0 Å². The molecule has 0 radical (unpaired) electrons. The highest BCUT2D eigenvalue weighted by molar-refractivity contribution is 7.93. The Bertz CT molecular complexity index is 1410. The zero-order valence-electron chi connectivity index (χ0n) is 16.9. The van der Waals surface area contributed by atoms with Gasteiger partial charge < -0.3 is 9.47 Å². The normalized spacial score (nSPS) is 13.8. The zero-order chi connectivity index (χ0) is 22.3. The molecule has 1 N–H and O–H groups in total. The molecule has 1 amide bonds. The minimum atomic E-state index is -3.75. The van der Waals surface area contributed by atoms with E-state index in [1.165, 1.54) is 11.3 Å². The van der Waals surface area contributed by atoms with Crippen molar-refractivity contribution < 1.29 is 13.2 Å². The molecule has 4 aromatic rings. The summed E-state index contributed by atoms with van der Waals surface area (Å²) in [5.74, 6) is -0.0396. The lowest BCUT2D eigenvalue weighted by molar-refractivity contribution is -0.132. The van der Waals surface area contributed by atoms with Crippen LogP contribution in [0, 0.1) is 0 Å². The van der Waals surface area contributed by atoms with Gasteiger partial charge in [0, 0.05) is 36.2 Å². The first-order valence-electron chi connectivity index (χ1n) is 9.96. The van der Waals surface area contributed by atoms with E-state index < -0.39 is 10.0 Å². The Kier molecular flexibility index (Phi) is 5.40. The molecule has 2 aromatic heterocycles. The van der Waals surface area contributed by atoms with Crippen LogP contribution in [0.5, 0.6) is 0 Å². The lowest BCUT2D eigenvalue weighted by Crippen LogP contribution is -2.38. The number of anilines is 1. The van der Waals surface area contributed by atoms with Crippen molar-refractivity contribution in [2.45, 2.75) is 24.4 Å². The van der Waals surface area contributed by atoms with Gasteiger partial charge in [-0.15, -0.1) is 11.3 Å². The number of hydrogen-bond acceptors (Lipinski definition) is 5. The van der Waals surface area contributed by atoms with Crippen molar-refractivity contribution in [1.29, 1.82) is 0 Å². The fraction of sp³-hybridized carbons (Fsp3) is 0.182. The molecular weight excluding hydrogens is 468 g/mol. The molecule has 0 saturated heterocycles. The Hall–Kier alpha value is -2.88. The molecule has 0 atom stereocenters. The van der Waals surface area contributed by atoms with Gasteiger partial charge in [-0.25, -0.2) is 13.4 Å². The van der Waals surface area contributed by atoms with Crippen molar-refractivity contribution >= 4 is 54.9 Å². The molecule has 0 saturated carbocycles. The van der Waals surface area contributed by atoms with Crippen LogP contribution in [0.15, 0.2) is 65.1 Å². The van der Waals surface area contributed by atoms with Crippen LogP contribution in [0.2, 0.25) is 5.02 Å². The number of thiazole rings is 1. The molecule has 1 aliphatic rings. The molecule has 7 nitrogen and oxygen atoms in total. The van der Waals surface area contributed by atoms with E-state index in [9.17, 15) is 13.2 Å². The summed E-state index contributed by atoms with van der Waals surface area (Å²) in [6, 6.07) is 12.7. The van der Waals surface area contributed by atoms with Gasteiger partial charge in [0.05, 0.1) is 15.4 Å². The Labute approximate surface area is 194 Å². The second-order valence-electron chi connectivity index (χ2n) is 7.56. The highest BCUT2D eigenvalue weighted by atomic mass is 35.5. The third-order valence-electron chi connectivity index (χ3n) is 5.55. The summed E-state index contributed by atoms with van der Waals surface area (Å²) in [6.45, 7) is 1.12. The Morgan fingerprint density at radius 3 is 2.88 bits per heavy atom. The minimum absolute atomic E-state index is 0.0396. The maximum atomic E-state index is 13.0. The lowest BCUT2D eigenvalue weighted by atomic mass is 10.00. The summed E-state index contributed by atoms with van der Waals surface area (Å²) in [5.41, 5.74) is 2.72. The SMILES string of the molecule is O=C(Cn1ccc2cccc(Cl)c21)N1CCc2ccc(S(=O)(=O)Nc3nccs3)cc2C1. The van der Waals surface area contributed by atoms with E-state index in [4.69, 9.17) is 11.6 Å². The van der Waals surface area contributed by atoms with E-state index in [-0.39, 0.29) is 17.3 Å². The van der Waals surface area contributed by atoms with Gasteiger partial charge in [-0.05, 0) is 41.8 Å². The van der Waals surface area contributed by atoms with E-state index in [1.54, 1.807) is 28.6 Å². The van der Waals surface area contributed by atoms with Crippen LogP contribution < -0.4 is 4.72 Å². The van der Waals surface area contributed by atoms with Gasteiger partial charge in [0.15, 0.2) is 5.13 Å². The fourth-order valence-electron chi connectivity index (χ4n) is 3.95. The molecule has 0 fully saturated rings. The third kappa shape index (κ3) is 3.99. The molecule has 0 spiro atoms. The predicted molar refractivity (Wildman–Crippen MR) is 125 cm³/mol. The quantitative estimate of drug-likeness (QED) is 0.459. The molecular formula is C22H19ClN4O3S2. The zero-order valence-corrected chi connectivity index (χ0v) is 19.3. The van der Waals surface area contributed by atoms with Crippen LogP contribution in [0.4, 0.5) is 5.13 Å². The van der Waals surface area contributed by atoms with Crippen LogP contribution in [0.3, 0.4) is 0 Å². The van der Waals surface area contributed by atoms with Gasteiger partial charge in [-0.3, -0.25) is 9.52 Å². The maximum absolute atomic E-state index is 13.0. The Morgan fingerprint density at radius 2 is 2.06 bits per heavy atom. The number of fused-ring (bicyclic) bond motifs is 2. The molecule has 1 aliphatic heterocycles. The van der Waals surface area contributed by atoms with Gasteiger partial charge in [0.25, 0.3) is 10.0 Å². The minimum Gasteiger partial charge on any atom is -0.337 e. The first-order chi connectivity index (χ1) is 15.4. The molecule has 5 rings (SSSR count). The maximum Gasteiger partial charge on any atom is 0.263 e. The van der Waals surface area contributed by atoms with Crippen molar-refractivity contribution in [3.05, 3.63) is 76.4 Å². The number of carbonyl (C=O) groups excluding carboxylic acids is 1. The highest BCUT2D eigenvalue weighted by Gasteiger charge is 2.24. The van der Waals surface area contributed by atoms with Crippen molar-refractivity contribution in [1.82, 2.24) is 14.5 Å². The van der Waals surface area contributed by atoms with Gasteiger partial charge >= 0.3 is 0 Å². The average molecular weight is 487 g/mol. The fourth-order valence-corrected chi connectivity index (χ4v) is 6.08. The second kappa shape index (κ2) is 8.23. The topological polar surface area (TPSA) is 84.3 Å². The summed E-state index contributed by atoms with van der Waals surface area (Å²) in [7, 11) is -3.75. The summed E-state index contributed by atoms with van der Waals surface area (Å²) >= 11 is 7.55. The number of rotatable bonds is 5. The van der Waals surface area contributed by atoms with Crippen LogP contribution in [0.25, 0.3) is 10.9 Å². The number of aromatic nitrogens is 2. The van der Waals surface area contributed by atoms with Crippen molar-refractivity contribution in [3.63, 3.8) is 0 Å². The summed E-state index contributed by atoms with van der Waals surface area (Å²) in [4.78, 5) is 18.9. The first kappa shape index (κ1) is 21.0. The van der Waals surface area contributed by atoms with Crippen LogP contribution >= 0.6 is 22.9 Å². The van der Waals surface area contributed by atoms with Crippen molar-refractivity contribution in [2.24, 2.45) is 0 Å². The van der Waals surface area contributed by atoms with Gasteiger partial charge in [0.2, 0.25) is 5.91 Å². The average Bonchev–Trinajstić information content (AvgIpc) is 3.43. The summed E-state index contributed by atoms with van der Waals surface area (Å²) < 4.78 is 29.8. The van der Waals surface area contributed by atoms with Gasteiger partial charge in [0.1, 0.15) is 6.54 Å². The molecule has 2 aromatic carbocycles. The monoisotopic (exact) mass is 486 g/mol. The number of nitrogens with zero attached hydrogens (tertiary/aromatic N) is 3. The third-order valence-corrected chi connectivity index (χ3v) is 8.01. The highest BCUT2D eigenvalue weighted by Crippen LogP contribution is 2.27. The van der Waals surface area contributed by atoms with E-state index in [0.717, 1.165) is 22.0 Å². The Balaban J connectivity index is 1.35. The van der Waals surface area contributed by atoms with Crippen LogP contribution in [-0.2, 0) is 34.3 Å². The number of para-hydroxylation sites is 1. The number of sulfonamides is 1. The van der Waals surface area contributed by atoms with E-state index in [0.29, 0.717) is 29.7 Å². The first-order valence-corrected chi connectivity index (χ1v) is 12.7. The standard InChI is InChI=1S/C22H19ClN4O3S2/c23-19-3-1-2-16-7-10-27(21(16)19)14-20(28)26-9-6-15-4-5-18(12-17(15)13-26)32(29,30)25-22-24-8-11-31-22/h1-5,7-8,10-12H,6,9,13-14H2,(H,24,25). The van der Waals surface area contributed by atoms with E-state index in [1.807, 2.05) is 41.1 Å². The number of hydrogen-bond donors (Lipinski definition) is 1. The number of carbonyl (C=O) groups is 1. The molecule has 0 bridgehead atoms. The molecule has 0 unspecified atom stereocenters. The lowest BCUT2D eigenvalue weighted by Gasteiger charge is -2.29. The van der Waals surface area contributed by atoms with Gasteiger partial charge in [-0.1, -0.05) is 29.8 Å². The molecule has 10 heteroatoms. The van der Waals surface area contributed by atoms with E-state index >= 15 is 0 Å². The number of amides is 1. The van der Waals surface area contributed by atoms with Crippen LogP contribution in [-0.4, -0.2) is 35.3 Å². The smallest absolute Gasteiger partial charge is 0.263 e. The number of nitrogens with one attached hydrogen (secondary N) is 1. The Morgan fingerprint density at radius 1 is 1.19 bits per heavy atom. The van der Waals surface area contributed by atoms with Crippen LogP contribution in [0.1, 0.15) is 11.1 Å². The number of halogens is 1. The molecule has 3 heterocycles. The molecule has 164 valence electrons. The second-order valence-corrected chi connectivity index (χ2v) is 10.5. The predicted octanol–water partition coefficient (Wildman–Crippen LogP) is 4.14. The number of benzene rings is 2. The summed E-state index contributed by atoms with van der Waals surface area (Å²) in [5, 5.41) is 3.61. The molecule has 0 aliphatic carbocycles. The van der Waals surface area contributed by atoms with Crippen molar-refractivity contribution in [2.75, 3.05) is 11.3 Å².